The number of hydrogen-bond donors (Lipinski definition) is 1. The number of thiophene rings is 1. The minimum absolute atomic E-state index is 0.224. The van der Waals surface area contributed by atoms with Gasteiger partial charge in [-0.05, 0) is 37.3 Å². The second kappa shape index (κ2) is 4.77. The lowest BCUT2D eigenvalue weighted by Crippen LogP contribution is -2.61. The number of barbiturate groups is 1. The van der Waals surface area contributed by atoms with Crippen LogP contribution in [0.4, 0.5) is 4.79 Å². The van der Waals surface area contributed by atoms with Gasteiger partial charge in [0.25, 0.3) is 0 Å². The molecule has 6 heteroatoms. The molecule has 19 heavy (non-hydrogen) atoms. The van der Waals surface area contributed by atoms with E-state index in [0.29, 0.717) is 0 Å². The molecule has 0 unspecified atom stereocenters. The van der Waals surface area contributed by atoms with Crippen LogP contribution in [0.15, 0.2) is 11.4 Å². The maximum absolute atomic E-state index is 12.2. The Morgan fingerprint density at radius 2 is 2.00 bits per heavy atom. The largest absolute Gasteiger partial charge is 0.331 e. The summed E-state index contributed by atoms with van der Waals surface area (Å²) in [7, 11) is 0. The molecule has 5 nitrogen and oxygen atoms in total. The number of aryl methyl sites for hydroxylation is 1. The third-order valence-corrected chi connectivity index (χ3v) is 4.28. The number of nitrogens with zero attached hydrogens (tertiary/aromatic N) is 1. The third kappa shape index (κ3) is 2.28. The van der Waals surface area contributed by atoms with Crippen molar-refractivity contribution in [3.63, 3.8) is 0 Å². The number of amides is 4. The van der Waals surface area contributed by atoms with Crippen LogP contribution in [0, 0.1) is 5.41 Å². The summed E-state index contributed by atoms with van der Waals surface area (Å²) >= 11 is 1.51. The lowest BCUT2D eigenvalue weighted by molar-refractivity contribution is -0.149. The van der Waals surface area contributed by atoms with Gasteiger partial charge in [-0.25, -0.2) is 4.79 Å². The fraction of sp³-hybridized carbons (Fsp3) is 0.462. The van der Waals surface area contributed by atoms with Gasteiger partial charge in [0.2, 0.25) is 11.8 Å². The molecule has 102 valence electrons. The first-order valence-electron chi connectivity index (χ1n) is 6.10. The zero-order chi connectivity index (χ0) is 14.2. The minimum atomic E-state index is -1.20. The van der Waals surface area contributed by atoms with Crippen molar-refractivity contribution in [1.29, 1.82) is 0 Å². The van der Waals surface area contributed by atoms with Crippen LogP contribution in [0.3, 0.4) is 0 Å². The zero-order valence-corrected chi connectivity index (χ0v) is 12.0. The molecule has 0 radical (unpaired) electrons. The normalized spacial score (nSPS) is 18.7. The number of urea groups is 1. The van der Waals surface area contributed by atoms with E-state index < -0.39 is 23.3 Å². The van der Waals surface area contributed by atoms with Gasteiger partial charge >= 0.3 is 6.03 Å². The van der Waals surface area contributed by atoms with Gasteiger partial charge in [-0.3, -0.25) is 19.8 Å². The van der Waals surface area contributed by atoms with E-state index in [0.717, 1.165) is 21.8 Å². The Balaban J connectivity index is 2.27. The van der Waals surface area contributed by atoms with E-state index >= 15 is 0 Å². The topological polar surface area (TPSA) is 66.5 Å². The predicted molar refractivity (Wildman–Crippen MR) is 71.6 cm³/mol. The molecule has 1 aliphatic heterocycles. The molecule has 0 saturated carbocycles. The first-order chi connectivity index (χ1) is 8.87. The van der Waals surface area contributed by atoms with Crippen LogP contribution < -0.4 is 5.32 Å². The van der Waals surface area contributed by atoms with Crippen LogP contribution in [-0.2, 0) is 22.6 Å². The van der Waals surface area contributed by atoms with Gasteiger partial charge in [-0.15, -0.1) is 11.3 Å². The van der Waals surface area contributed by atoms with E-state index in [1.807, 2.05) is 18.4 Å². The minimum Gasteiger partial charge on any atom is -0.277 e. The quantitative estimate of drug-likeness (QED) is 0.860. The number of carbonyl (C=O) groups excluding carboxylic acids is 3. The molecule has 0 atom stereocenters. The van der Waals surface area contributed by atoms with Crippen LogP contribution in [0.2, 0.25) is 0 Å². The zero-order valence-electron chi connectivity index (χ0n) is 11.1. The van der Waals surface area contributed by atoms with Crippen LogP contribution in [0.5, 0.6) is 0 Å². The highest BCUT2D eigenvalue weighted by atomic mass is 32.1. The molecular formula is C13H16N2O3S. The molecule has 2 heterocycles. The second-order valence-electron chi connectivity index (χ2n) is 5.00. The molecule has 0 aliphatic carbocycles. The first-order valence-corrected chi connectivity index (χ1v) is 6.98. The monoisotopic (exact) mass is 280 g/mol. The summed E-state index contributed by atoms with van der Waals surface area (Å²) in [6.45, 7) is 5.30. The van der Waals surface area contributed by atoms with Gasteiger partial charge in [0.1, 0.15) is 5.41 Å². The Labute approximate surface area is 115 Å². The lowest BCUT2D eigenvalue weighted by atomic mass is 9.89. The van der Waals surface area contributed by atoms with Crippen LogP contribution in [0.25, 0.3) is 0 Å². The van der Waals surface area contributed by atoms with Crippen LogP contribution in [0.1, 0.15) is 31.2 Å². The predicted octanol–water partition coefficient (Wildman–Crippen LogP) is 1.92. The van der Waals surface area contributed by atoms with E-state index in [1.165, 1.54) is 25.2 Å². The molecule has 0 bridgehead atoms. The summed E-state index contributed by atoms with van der Waals surface area (Å²) in [6, 6.07) is 1.35. The maximum Gasteiger partial charge on any atom is 0.331 e. The van der Waals surface area contributed by atoms with Gasteiger partial charge < -0.3 is 0 Å². The molecule has 1 aromatic rings. The van der Waals surface area contributed by atoms with Crippen molar-refractivity contribution in [3.8, 4) is 0 Å². The Hall–Kier alpha value is -1.69. The number of rotatable bonds is 3. The molecule has 1 fully saturated rings. The van der Waals surface area contributed by atoms with Crippen molar-refractivity contribution in [2.75, 3.05) is 0 Å². The molecule has 1 aliphatic rings. The fourth-order valence-electron chi connectivity index (χ4n) is 1.96. The molecule has 1 aromatic heterocycles. The SMILES string of the molecule is CCc1ccsc1CN1C(=O)NC(=O)C(C)(C)C1=O. The number of imide groups is 2. The summed E-state index contributed by atoms with van der Waals surface area (Å²) in [4.78, 5) is 37.8. The molecule has 0 spiro atoms. The second-order valence-corrected chi connectivity index (χ2v) is 6.00. The Morgan fingerprint density at radius 3 is 2.63 bits per heavy atom. The molecule has 1 saturated heterocycles. The Kier molecular flexibility index (Phi) is 3.45. The smallest absolute Gasteiger partial charge is 0.277 e. The average molecular weight is 280 g/mol. The van der Waals surface area contributed by atoms with Gasteiger partial charge in [-0.2, -0.15) is 0 Å². The average Bonchev–Trinajstić information content (AvgIpc) is 2.80. The molecule has 1 N–H and O–H groups in total. The highest BCUT2D eigenvalue weighted by Crippen LogP contribution is 2.27. The lowest BCUT2D eigenvalue weighted by Gasteiger charge is -2.34. The summed E-state index contributed by atoms with van der Waals surface area (Å²) in [5.74, 6) is -0.989. The van der Waals surface area contributed by atoms with Crippen molar-refractivity contribution >= 4 is 29.2 Å². The van der Waals surface area contributed by atoms with Crippen LogP contribution >= 0.6 is 11.3 Å². The van der Waals surface area contributed by atoms with E-state index in [9.17, 15) is 14.4 Å². The summed E-state index contributed by atoms with van der Waals surface area (Å²) in [5, 5.41) is 4.17. The molecule has 0 aromatic carbocycles. The van der Waals surface area contributed by atoms with Gasteiger partial charge in [-0.1, -0.05) is 6.92 Å². The summed E-state index contributed by atoms with van der Waals surface area (Å²) in [6.07, 6.45) is 0.852. The van der Waals surface area contributed by atoms with Crippen LogP contribution in [-0.4, -0.2) is 22.7 Å². The third-order valence-electron chi connectivity index (χ3n) is 3.33. The van der Waals surface area contributed by atoms with Crippen molar-refractivity contribution in [2.45, 2.75) is 33.7 Å². The number of carbonyl (C=O) groups is 3. The molecule has 4 amide bonds. The van der Waals surface area contributed by atoms with Gasteiger partial charge in [0.15, 0.2) is 0 Å². The summed E-state index contributed by atoms with van der Waals surface area (Å²) in [5.41, 5.74) is -0.0716. The highest BCUT2D eigenvalue weighted by molar-refractivity contribution is 7.10. The van der Waals surface area contributed by atoms with E-state index in [1.54, 1.807) is 0 Å². The summed E-state index contributed by atoms with van der Waals surface area (Å²) < 4.78 is 0. The number of hydrogen-bond acceptors (Lipinski definition) is 4. The van der Waals surface area contributed by atoms with Gasteiger partial charge in [0, 0.05) is 4.88 Å². The highest BCUT2D eigenvalue weighted by Gasteiger charge is 2.47. The van der Waals surface area contributed by atoms with Crippen molar-refractivity contribution < 1.29 is 14.4 Å². The van der Waals surface area contributed by atoms with E-state index in [2.05, 4.69) is 5.32 Å². The van der Waals surface area contributed by atoms with Crippen molar-refractivity contribution in [2.24, 2.45) is 5.41 Å². The maximum atomic E-state index is 12.2. The number of nitrogens with one attached hydrogen (secondary N) is 1. The van der Waals surface area contributed by atoms with E-state index in [-0.39, 0.29) is 6.54 Å². The Bertz CT molecular complexity index is 548. The van der Waals surface area contributed by atoms with Gasteiger partial charge in [0.05, 0.1) is 6.54 Å². The van der Waals surface area contributed by atoms with Crippen molar-refractivity contribution in [1.82, 2.24) is 10.2 Å². The molecule has 2 rings (SSSR count). The first kappa shape index (κ1) is 13.7. The molecular weight excluding hydrogens is 264 g/mol. The Morgan fingerprint density at radius 1 is 1.32 bits per heavy atom. The van der Waals surface area contributed by atoms with E-state index in [4.69, 9.17) is 0 Å². The fourth-order valence-corrected chi connectivity index (χ4v) is 2.92. The van der Waals surface area contributed by atoms with Crippen molar-refractivity contribution in [3.05, 3.63) is 21.9 Å². The standard InChI is InChI=1S/C13H16N2O3S/c1-4-8-5-6-19-9(8)7-15-11(17)13(2,3)10(16)14-12(15)18/h5-6H,4,7H2,1-3H3,(H,14,16,18).